The number of fused-ring (bicyclic) bond motifs is 2. The Bertz CT molecular complexity index is 951. The number of nitrogens with zero attached hydrogens (tertiary/aromatic N) is 3. The van der Waals surface area contributed by atoms with Crippen molar-refractivity contribution in [2.45, 2.75) is 51.1 Å². The second-order valence-electron chi connectivity index (χ2n) is 7.33. The Balaban J connectivity index is 1.78. The molecule has 1 saturated carbocycles. The number of pyridine rings is 1. The first-order valence-corrected chi connectivity index (χ1v) is 9.01. The molecule has 0 aromatic carbocycles. The molecular formula is C19H21N3O4. The normalized spacial score (nSPS) is 25.3. The van der Waals surface area contributed by atoms with Gasteiger partial charge in [0.25, 0.3) is 11.5 Å². The number of carbonyl (C=O) groups is 2. The Morgan fingerprint density at radius 2 is 2.00 bits per heavy atom. The van der Waals surface area contributed by atoms with Gasteiger partial charge in [0.2, 0.25) is 0 Å². The van der Waals surface area contributed by atoms with Crippen molar-refractivity contribution in [1.82, 2.24) is 14.3 Å². The van der Waals surface area contributed by atoms with E-state index in [0.717, 1.165) is 31.2 Å². The summed E-state index contributed by atoms with van der Waals surface area (Å²) in [6, 6.07) is 2.60. The molecule has 4 rings (SSSR count). The zero-order valence-electron chi connectivity index (χ0n) is 14.6. The van der Waals surface area contributed by atoms with Crippen molar-refractivity contribution >= 4 is 17.5 Å². The summed E-state index contributed by atoms with van der Waals surface area (Å²) in [7, 11) is 0. The predicted molar refractivity (Wildman–Crippen MR) is 94.2 cm³/mol. The molecule has 136 valence electrons. The fraction of sp³-hybridized carbons (Fsp3) is 0.474. The molecule has 0 bridgehead atoms. The number of likely N-dealkylation sites (tertiary alicyclic amines) is 1. The Kier molecular flexibility index (Phi) is 4.01. The van der Waals surface area contributed by atoms with Crippen molar-refractivity contribution in [1.29, 1.82) is 0 Å². The molecule has 1 saturated heterocycles. The summed E-state index contributed by atoms with van der Waals surface area (Å²) in [5.74, 6) is -1.31. The van der Waals surface area contributed by atoms with Crippen LogP contribution in [0.5, 0.6) is 0 Å². The highest BCUT2D eigenvalue weighted by molar-refractivity contribution is 5.97. The van der Waals surface area contributed by atoms with Crippen molar-refractivity contribution < 1.29 is 14.7 Å². The van der Waals surface area contributed by atoms with Gasteiger partial charge in [-0.1, -0.05) is 18.9 Å². The summed E-state index contributed by atoms with van der Waals surface area (Å²) in [5, 5.41) is 9.61. The standard InChI is InChI=1S/C19H21N3O4/c1-11-6-7-16-20-9-13(17(23)21(16)10-11)18(24)22-14-5-3-2-4-12(14)8-15(22)19(25)26/h6-7,9-10,12,14-15H,2-5,8H2,1H3,(H,25,26)/t12-,14-,15-/m0/s1. The van der Waals surface area contributed by atoms with Gasteiger partial charge in [-0.3, -0.25) is 14.0 Å². The molecule has 0 spiro atoms. The monoisotopic (exact) mass is 355 g/mol. The van der Waals surface area contributed by atoms with Crippen LogP contribution in [-0.4, -0.2) is 43.4 Å². The topological polar surface area (TPSA) is 92.0 Å². The number of aliphatic carboxylic acids is 1. The number of hydrogen-bond donors (Lipinski definition) is 1. The first-order valence-electron chi connectivity index (χ1n) is 9.01. The van der Waals surface area contributed by atoms with Crippen LogP contribution in [-0.2, 0) is 4.79 Å². The third kappa shape index (κ3) is 2.58. The molecule has 1 N–H and O–H groups in total. The van der Waals surface area contributed by atoms with Gasteiger partial charge in [0.15, 0.2) is 0 Å². The lowest BCUT2D eigenvalue weighted by Gasteiger charge is -2.32. The zero-order chi connectivity index (χ0) is 18.4. The molecular weight excluding hydrogens is 334 g/mol. The van der Waals surface area contributed by atoms with E-state index in [1.165, 1.54) is 15.5 Å². The van der Waals surface area contributed by atoms with E-state index < -0.39 is 23.5 Å². The van der Waals surface area contributed by atoms with E-state index >= 15 is 0 Å². The third-order valence-corrected chi connectivity index (χ3v) is 5.69. The Labute approximate surface area is 150 Å². The first-order chi connectivity index (χ1) is 12.5. The predicted octanol–water partition coefficient (Wildman–Crippen LogP) is 1.86. The Hall–Kier alpha value is -2.70. The van der Waals surface area contributed by atoms with Gasteiger partial charge in [-0.2, -0.15) is 0 Å². The molecule has 26 heavy (non-hydrogen) atoms. The third-order valence-electron chi connectivity index (χ3n) is 5.69. The summed E-state index contributed by atoms with van der Waals surface area (Å²) in [6.07, 6.45) is 7.16. The highest BCUT2D eigenvalue weighted by atomic mass is 16.4. The quantitative estimate of drug-likeness (QED) is 0.888. The summed E-state index contributed by atoms with van der Waals surface area (Å²) in [6.45, 7) is 1.86. The number of amides is 1. The molecule has 7 nitrogen and oxygen atoms in total. The fourth-order valence-electron chi connectivity index (χ4n) is 4.44. The molecule has 2 aromatic heterocycles. The SMILES string of the molecule is Cc1ccc2ncc(C(=O)N3[C@H](C(=O)O)C[C@@H]4CCCC[C@@H]43)c(=O)n2c1. The van der Waals surface area contributed by atoms with Crippen LogP contribution in [0.15, 0.2) is 29.3 Å². The van der Waals surface area contributed by atoms with Gasteiger partial charge >= 0.3 is 5.97 Å². The summed E-state index contributed by atoms with van der Waals surface area (Å²) < 4.78 is 1.35. The average molecular weight is 355 g/mol. The summed E-state index contributed by atoms with van der Waals surface area (Å²) >= 11 is 0. The van der Waals surface area contributed by atoms with Gasteiger partial charge in [-0.15, -0.1) is 0 Å². The number of carbonyl (C=O) groups excluding carboxylic acids is 1. The Morgan fingerprint density at radius 1 is 1.23 bits per heavy atom. The van der Waals surface area contributed by atoms with Crippen LogP contribution in [0.4, 0.5) is 0 Å². The van der Waals surface area contributed by atoms with Crippen LogP contribution >= 0.6 is 0 Å². The van der Waals surface area contributed by atoms with Crippen molar-refractivity contribution in [2.75, 3.05) is 0 Å². The minimum absolute atomic E-state index is 0.0643. The van der Waals surface area contributed by atoms with Crippen LogP contribution in [0.25, 0.3) is 5.65 Å². The van der Waals surface area contributed by atoms with E-state index in [1.807, 2.05) is 13.0 Å². The highest BCUT2D eigenvalue weighted by Crippen LogP contribution is 2.40. The fourth-order valence-corrected chi connectivity index (χ4v) is 4.44. The van der Waals surface area contributed by atoms with Crippen LogP contribution in [0.2, 0.25) is 0 Å². The molecule has 3 heterocycles. The molecule has 0 unspecified atom stereocenters. The molecule has 1 aliphatic heterocycles. The van der Waals surface area contributed by atoms with Crippen LogP contribution < -0.4 is 5.56 Å². The van der Waals surface area contributed by atoms with Gasteiger partial charge in [-0.05, 0) is 43.7 Å². The molecule has 2 aromatic rings. The largest absolute Gasteiger partial charge is 0.480 e. The van der Waals surface area contributed by atoms with Gasteiger partial charge in [0.1, 0.15) is 17.3 Å². The van der Waals surface area contributed by atoms with Crippen LogP contribution in [0, 0.1) is 12.8 Å². The van der Waals surface area contributed by atoms with Crippen LogP contribution in [0.3, 0.4) is 0 Å². The minimum Gasteiger partial charge on any atom is -0.480 e. The maximum atomic E-state index is 13.2. The van der Waals surface area contributed by atoms with Crippen molar-refractivity contribution in [3.05, 3.63) is 46.0 Å². The smallest absolute Gasteiger partial charge is 0.326 e. The van der Waals surface area contributed by atoms with E-state index in [-0.39, 0.29) is 17.5 Å². The number of carboxylic acid groups (broad SMARTS) is 1. The second-order valence-corrected chi connectivity index (χ2v) is 7.33. The van der Waals surface area contributed by atoms with Crippen molar-refractivity contribution in [3.8, 4) is 0 Å². The first kappa shape index (κ1) is 16.8. The number of aromatic nitrogens is 2. The summed E-state index contributed by atoms with van der Waals surface area (Å²) in [5.41, 5.74) is 0.824. The van der Waals surface area contributed by atoms with E-state index in [4.69, 9.17) is 0 Å². The lowest BCUT2D eigenvalue weighted by Crippen LogP contribution is -2.47. The molecule has 3 atom stereocenters. The van der Waals surface area contributed by atoms with E-state index in [1.54, 1.807) is 12.3 Å². The molecule has 2 fully saturated rings. The molecule has 0 radical (unpaired) electrons. The second kappa shape index (κ2) is 6.23. The average Bonchev–Trinajstić information content (AvgIpc) is 3.02. The van der Waals surface area contributed by atoms with Crippen molar-refractivity contribution in [2.24, 2.45) is 5.92 Å². The number of aryl methyl sites for hydroxylation is 1. The minimum atomic E-state index is -1.00. The van der Waals surface area contributed by atoms with E-state index in [0.29, 0.717) is 12.1 Å². The molecule has 1 aliphatic carbocycles. The van der Waals surface area contributed by atoms with Gasteiger partial charge in [0.05, 0.1) is 0 Å². The molecule has 1 amide bonds. The van der Waals surface area contributed by atoms with Gasteiger partial charge in [-0.25, -0.2) is 9.78 Å². The van der Waals surface area contributed by atoms with Gasteiger partial charge < -0.3 is 10.0 Å². The molecule has 7 heteroatoms. The van der Waals surface area contributed by atoms with E-state index in [2.05, 4.69) is 4.98 Å². The number of rotatable bonds is 2. The maximum absolute atomic E-state index is 13.2. The van der Waals surface area contributed by atoms with E-state index in [9.17, 15) is 19.5 Å². The molecule has 2 aliphatic rings. The summed E-state index contributed by atoms with van der Waals surface area (Å²) in [4.78, 5) is 43.4. The zero-order valence-corrected chi connectivity index (χ0v) is 14.6. The van der Waals surface area contributed by atoms with Crippen molar-refractivity contribution in [3.63, 3.8) is 0 Å². The highest BCUT2D eigenvalue weighted by Gasteiger charge is 2.48. The number of hydrogen-bond acceptors (Lipinski definition) is 4. The van der Waals surface area contributed by atoms with Crippen LogP contribution in [0.1, 0.15) is 48.0 Å². The lowest BCUT2D eigenvalue weighted by atomic mass is 9.84. The van der Waals surface area contributed by atoms with Gasteiger partial charge in [0, 0.05) is 18.4 Å². The number of carboxylic acids is 1. The Morgan fingerprint density at radius 3 is 2.77 bits per heavy atom. The lowest BCUT2D eigenvalue weighted by molar-refractivity contribution is -0.141. The maximum Gasteiger partial charge on any atom is 0.326 e.